The standard InChI is InChI=1S/C13H15N3O2S/c1-16-11(9(7-15-16)13(17)18)8-14-10-5-3-4-6-12(10)19-2/h3-7,14H,8H2,1-2H3,(H,17,18). The van der Waals surface area contributed by atoms with Crippen molar-refractivity contribution in [1.82, 2.24) is 9.78 Å². The van der Waals surface area contributed by atoms with Gasteiger partial charge in [-0.25, -0.2) is 4.79 Å². The van der Waals surface area contributed by atoms with Crippen molar-refractivity contribution in [2.45, 2.75) is 11.4 Å². The van der Waals surface area contributed by atoms with Gasteiger partial charge in [0, 0.05) is 17.6 Å². The molecular formula is C13H15N3O2S. The largest absolute Gasteiger partial charge is 0.478 e. The fourth-order valence-corrected chi connectivity index (χ4v) is 2.40. The van der Waals surface area contributed by atoms with E-state index in [1.54, 1.807) is 23.5 Å². The highest BCUT2D eigenvalue weighted by molar-refractivity contribution is 7.98. The van der Waals surface area contributed by atoms with Crippen LogP contribution in [0.4, 0.5) is 5.69 Å². The lowest BCUT2D eigenvalue weighted by atomic mass is 10.2. The van der Waals surface area contributed by atoms with Gasteiger partial charge in [-0.2, -0.15) is 5.10 Å². The van der Waals surface area contributed by atoms with Crippen LogP contribution in [0.5, 0.6) is 0 Å². The summed E-state index contributed by atoms with van der Waals surface area (Å²) in [6.07, 6.45) is 3.38. The lowest BCUT2D eigenvalue weighted by Gasteiger charge is -2.11. The summed E-state index contributed by atoms with van der Waals surface area (Å²) in [6.45, 7) is 0.426. The Kier molecular flexibility index (Phi) is 4.11. The third-order valence-corrected chi connectivity index (χ3v) is 3.64. The zero-order chi connectivity index (χ0) is 13.8. The molecule has 0 bridgehead atoms. The molecule has 2 rings (SSSR count). The molecule has 19 heavy (non-hydrogen) atoms. The number of carbonyl (C=O) groups is 1. The summed E-state index contributed by atoms with van der Waals surface area (Å²) in [6, 6.07) is 7.92. The molecule has 2 N–H and O–H groups in total. The Labute approximate surface area is 115 Å². The zero-order valence-corrected chi connectivity index (χ0v) is 11.6. The molecule has 0 saturated carbocycles. The van der Waals surface area contributed by atoms with E-state index in [-0.39, 0.29) is 5.56 Å². The molecule has 0 aliphatic carbocycles. The van der Waals surface area contributed by atoms with Crippen LogP contribution in [0.1, 0.15) is 16.1 Å². The average molecular weight is 277 g/mol. The number of aromatic nitrogens is 2. The summed E-state index contributed by atoms with van der Waals surface area (Å²) >= 11 is 1.65. The van der Waals surface area contributed by atoms with Crippen LogP contribution < -0.4 is 5.32 Å². The third-order valence-electron chi connectivity index (χ3n) is 2.85. The Hall–Kier alpha value is -1.95. The van der Waals surface area contributed by atoms with E-state index in [1.165, 1.54) is 6.20 Å². The number of hydrogen-bond donors (Lipinski definition) is 2. The van der Waals surface area contributed by atoms with Crippen LogP contribution in [0.3, 0.4) is 0 Å². The number of thioether (sulfide) groups is 1. The van der Waals surface area contributed by atoms with Crippen molar-refractivity contribution in [1.29, 1.82) is 0 Å². The topological polar surface area (TPSA) is 67.2 Å². The lowest BCUT2D eigenvalue weighted by Crippen LogP contribution is -2.10. The van der Waals surface area contributed by atoms with Crippen molar-refractivity contribution in [3.63, 3.8) is 0 Å². The van der Waals surface area contributed by atoms with Gasteiger partial charge in [-0.15, -0.1) is 11.8 Å². The van der Waals surface area contributed by atoms with Crippen molar-refractivity contribution >= 4 is 23.4 Å². The lowest BCUT2D eigenvalue weighted by molar-refractivity contribution is 0.0695. The fourth-order valence-electron chi connectivity index (χ4n) is 1.82. The number of nitrogens with zero attached hydrogens (tertiary/aromatic N) is 2. The molecule has 0 aliphatic rings. The normalized spacial score (nSPS) is 10.4. The molecule has 0 spiro atoms. The molecule has 5 nitrogen and oxygen atoms in total. The number of carboxylic acids is 1. The van der Waals surface area contributed by atoms with E-state index in [0.29, 0.717) is 12.2 Å². The predicted octanol–water partition coefficient (Wildman–Crippen LogP) is 2.45. The number of nitrogens with one attached hydrogen (secondary N) is 1. The molecule has 0 radical (unpaired) electrons. The van der Waals surface area contributed by atoms with Crippen molar-refractivity contribution in [3.05, 3.63) is 41.7 Å². The molecule has 1 aromatic carbocycles. The second kappa shape index (κ2) is 5.79. The van der Waals surface area contributed by atoms with Gasteiger partial charge in [0.15, 0.2) is 0 Å². The van der Waals surface area contributed by atoms with Crippen LogP contribution in [-0.4, -0.2) is 27.1 Å². The molecule has 0 amide bonds. The number of para-hydroxylation sites is 1. The second-order valence-corrected chi connectivity index (χ2v) is 4.84. The second-order valence-electron chi connectivity index (χ2n) is 3.99. The number of hydrogen-bond acceptors (Lipinski definition) is 4. The number of carboxylic acid groups (broad SMARTS) is 1. The van der Waals surface area contributed by atoms with Crippen LogP contribution in [-0.2, 0) is 13.6 Å². The summed E-state index contributed by atoms with van der Waals surface area (Å²) < 4.78 is 1.58. The number of anilines is 1. The molecular weight excluding hydrogens is 262 g/mol. The van der Waals surface area contributed by atoms with Gasteiger partial charge in [-0.1, -0.05) is 12.1 Å². The van der Waals surface area contributed by atoms with E-state index in [9.17, 15) is 4.79 Å². The van der Waals surface area contributed by atoms with Gasteiger partial charge in [0.05, 0.1) is 18.4 Å². The summed E-state index contributed by atoms with van der Waals surface area (Å²) in [7, 11) is 1.74. The highest BCUT2D eigenvalue weighted by atomic mass is 32.2. The van der Waals surface area contributed by atoms with E-state index in [2.05, 4.69) is 10.4 Å². The summed E-state index contributed by atoms with van der Waals surface area (Å²) in [4.78, 5) is 12.2. The molecule has 0 atom stereocenters. The number of rotatable bonds is 5. The number of benzene rings is 1. The maximum Gasteiger partial charge on any atom is 0.339 e. The Morgan fingerprint density at radius 2 is 2.21 bits per heavy atom. The minimum atomic E-state index is -0.956. The zero-order valence-electron chi connectivity index (χ0n) is 10.8. The molecule has 6 heteroatoms. The minimum Gasteiger partial charge on any atom is -0.478 e. The van der Waals surface area contributed by atoms with Crippen LogP contribution in [0.15, 0.2) is 35.4 Å². The first-order chi connectivity index (χ1) is 9.13. The Morgan fingerprint density at radius 3 is 2.89 bits per heavy atom. The van der Waals surface area contributed by atoms with Crippen LogP contribution in [0.25, 0.3) is 0 Å². The molecule has 1 aromatic heterocycles. The van der Waals surface area contributed by atoms with Crippen molar-refractivity contribution in [3.8, 4) is 0 Å². The SMILES string of the molecule is CSc1ccccc1NCc1c(C(=O)O)cnn1C. The minimum absolute atomic E-state index is 0.233. The van der Waals surface area contributed by atoms with E-state index >= 15 is 0 Å². The Bertz CT molecular complexity index is 595. The monoisotopic (exact) mass is 277 g/mol. The Balaban J connectivity index is 2.19. The van der Waals surface area contributed by atoms with Gasteiger partial charge < -0.3 is 10.4 Å². The van der Waals surface area contributed by atoms with E-state index in [4.69, 9.17) is 5.11 Å². The molecule has 0 fully saturated rings. The van der Waals surface area contributed by atoms with Gasteiger partial charge in [0.2, 0.25) is 0 Å². The van der Waals surface area contributed by atoms with Gasteiger partial charge in [-0.05, 0) is 18.4 Å². The third kappa shape index (κ3) is 2.90. The van der Waals surface area contributed by atoms with E-state index < -0.39 is 5.97 Å². The summed E-state index contributed by atoms with van der Waals surface area (Å²) in [5.74, 6) is -0.956. The summed E-state index contributed by atoms with van der Waals surface area (Å²) in [5.41, 5.74) is 1.88. The van der Waals surface area contributed by atoms with Crippen LogP contribution in [0, 0.1) is 0 Å². The van der Waals surface area contributed by atoms with E-state index in [0.717, 1.165) is 10.6 Å². The maximum atomic E-state index is 11.1. The van der Waals surface area contributed by atoms with Crippen molar-refractivity contribution in [2.24, 2.45) is 7.05 Å². The molecule has 1 heterocycles. The van der Waals surface area contributed by atoms with E-state index in [1.807, 2.05) is 30.5 Å². The first-order valence-corrected chi connectivity index (χ1v) is 6.97. The van der Waals surface area contributed by atoms with Crippen LogP contribution in [0.2, 0.25) is 0 Å². The summed E-state index contributed by atoms with van der Waals surface area (Å²) in [5, 5.41) is 16.3. The smallest absolute Gasteiger partial charge is 0.339 e. The average Bonchev–Trinajstić information content (AvgIpc) is 2.78. The number of aromatic carboxylic acids is 1. The van der Waals surface area contributed by atoms with Gasteiger partial charge in [0.1, 0.15) is 5.56 Å². The molecule has 0 saturated heterocycles. The quantitative estimate of drug-likeness (QED) is 0.822. The molecule has 2 aromatic rings. The van der Waals surface area contributed by atoms with Gasteiger partial charge in [0.25, 0.3) is 0 Å². The fraction of sp³-hybridized carbons (Fsp3) is 0.231. The molecule has 0 aliphatic heterocycles. The van der Waals surface area contributed by atoms with Crippen molar-refractivity contribution in [2.75, 3.05) is 11.6 Å². The maximum absolute atomic E-state index is 11.1. The molecule has 0 unspecified atom stereocenters. The highest BCUT2D eigenvalue weighted by Gasteiger charge is 2.14. The first kappa shape index (κ1) is 13.5. The first-order valence-electron chi connectivity index (χ1n) is 5.74. The van der Waals surface area contributed by atoms with Crippen molar-refractivity contribution < 1.29 is 9.90 Å². The molecule has 100 valence electrons. The number of aryl methyl sites for hydroxylation is 1. The van der Waals surface area contributed by atoms with Crippen LogP contribution >= 0.6 is 11.8 Å². The predicted molar refractivity (Wildman–Crippen MR) is 75.7 cm³/mol. The van der Waals surface area contributed by atoms with Gasteiger partial charge in [-0.3, -0.25) is 4.68 Å². The Morgan fingerprint density at radius 1 is 1.47 bits per heavy atom. The highest BCUT2D eigenvalue weighted by Crippen LogP contribution is 2.25. The van der Waals surface area contributed by atoms with Gasteiger partial charge >= 0.3 is 5.97 Å².